The van der Waals surface area contributed by atoms with Crippen LogP contribution in [0.4, 0.5) is 13.6 Å². The molecule has 3 amide bonds. The largest absolute Gasteiger partial charge is 0.383 e. The quantitative estimate of drug-likeness (QED) is 0.669. The number of urea groups is 1. The highest BCUT2D eigenvalue weighted by molar-refractivity contribution is 5.73. The Morgan fingerprint density at radius 2 is 1.64 bits per heavy atom. The van der Waals surface area contributed by atoms with Gasteiger partial charge in [0.25, 0.3) is 6.43 Å². The van der Waals surface area contributed by atoms with Crippen LogP contribution in [0.15, 0.2) is 0 Å². The van der Waals surface area contributed by atoms with Crippen LogP contribution < -0.4 is 10.6 Å². The van der Waals surface area contributed by atoms with Crippen molar-refractivity contribution in [3.05, 3.63) is 0 Å². The predicted molar refractivity (Wildman–Crippen MR) is 99.2 cm³/mol. The molecule has 0 radical (unpaired) electrons. The summed E-state index contributed by atoms with van der Waals surface area (Å²) >= 11 is 0. The van der Waals surface area contributed by atoms with Crippen LogP contribution in [0, 0.1) is 0 Å². The van der Waals surface area contributed by atoms with E-state index in [9.17, 15) is 18.4 Å². The monoisotopic (exact) mass is 372 g/mol. The van der Waals surface area contributed by atoms with E-state index in [0.717, 1.165) is 11.3 Å². The Bertz CT molecular complexity index is 284. The third-order valence-electron chi connectivity index (χ3n) is 2.32. The van der Waals surface area contributed by atoms with E-state index in [1.807, 2.05) is 41.8 Å². The van der Waals surface area contributed by atoms with Crippen molar-refractivity contribution in [3.8, 4) is 0 Å². The van der Waals surface area contributed by atoms with E-state index < -0.39 is 19.0 Å². The van der Waals surface area contributed by atoms with Gasteiger partial charge in [0.15, 0.2) is 0 Å². The van der Waals surface area contributed by atoms with Crippen LogP contribution in [0.2, 0.25) is 0 Å². The van der Waals surface area contributed by atoms with Gasteiger partial charge in [-0.15, -0.1) is 0 Å². The van der Waals surface area contributed by atoms with Crippen molar-refractivity contribution < 1.29 is 23.1 Å². The second-order valence-electron chi connectivity index (χ2n) is 4.76. The number of carbonyl (C=O) groups is 2. The lowest BCUT2D eigenvalue weighted by molar-refractivity contribution is -0.120. The van der Waals surface area contributed by atoms with Gasteiger partial charge in [0.05, 0.1) is 13.2 Å². The lowest BCUT2D eigenvalue weighted by atomic mass is 10.3. The van der Waals surface area contributed by atoms with E-state index in [4.69, 9.17) is 4.74 Å². The normalized spacial score (nSPS) is 8.84. The lowest BCUT2D eigenvalue weighted by Gasteiger charge is -2.20. The van der Waals surface area contributed by atoms with E-state index in [2.05, 4.69) is 10.6 Å². The number of alkyl halides is 2. The summed E-state index contributed by atoms with van der Waals surface area (Å²) < 4.78 is 27.9. The summed E-state index contributed by atoms with van der Waals surface area (Å²) in [7, 11) is 8.08. The van der Waals surface area contributed by atoms with Gasteiger partial charge in [-0.1, -0.05) is 13.8 Å². The molecule has 7 nitrogen and oxygen atoms in total. The Balaban J connectivity index is -0.000000140. The number of hydrogen-bond donors (Lipinski definition) is 2. The summed E-state index contributed by atoms with van der Waals surface area (Å²) in [6.07, 6.45) is -1.62. The molecule has 0 fully saturated rings. The fourth-order valence-electron chi connectivity index (χ4n) is 1.11. The van der Waals surface area contributed by atoms with Gasteiger partial charge in [-0.3, -0.25) is 4.79 Å². The van der Waals surface area contributed by atoms with Crippen molar-refractivity contribution in [2.75, 3.05) is 55.0 Å². The van der Waals surface area contributed by atoms with Crippen molar-refractivity contribution in [2.24, 2.45) is 0 Å². The van der Waals surface area contributed by atoms with Gasteiger partial charge >= 0.3 is 6.03 Å². The molecule has 0 saturated heterocycles. The van der Waals surface area contributed by atoms with Gasteiger partial charge in [-0.25, -0.2) is 13.6 Å². The van der Waals surface area contributed by atoms with E-state index >= 15 is 0 Å². The summed E-state index contributed by atoms with van der Waals surface area (Å²) in [5.41, 5.74) is 0. The first-order chi connectivity index (χ1) is 11.7. The molecular formula is C16H38F2N4O3. The zero-order valence-electron chi connectivity index (χ0n) is 17.2. The van der Waals surface area contributed by atoms with E-state index in [0.29, 0.717) is 13.2 Å². The fourth-order valence-corrected chi connectivity index (χ4v) is 1.11. The Labute approximate surface area is 152 Å². The van der Waals surface area contributed by atoms with Crippen LogP contribution in [0.25, 0.3) is 0 Å². The maximum atomic E-state index is 11.6. The van der Waals surface area contributed by atoms with Crippen LogP contribution in [-0.2, 0) is 9.53 Å². The summed E-state index contributed by atoms with van der Waals surface area (Å²) in [6.45, 7) is 8.71. The summed E-state index contributed by atoms with van der Waals surface area (Å²) in [6, 6.07) is -0.229. The summed E-state index contributed by atoms with van der Waals surface area (Å²) in [4.78, 5) is 23.5. The molecule has 0 bridgehead atoms. The van der Waals surface area contributed by atoms with Crippen LogP contribution in [0.5, 0.6) is 0 Å². The third kappa shape index (κ3) is 27.6. The lowest BCUT2D eigenvalue weighted by Crippen LogP contribution is -2.37. The number of methoxy groups -OCH3 is 1. The molecule has 9 heteroatoms. The van der Waals surface area contributed by atoms with E-state index in [1.54, 1.807) is 12.0 Å². The van der Waals surface area contributed by atoms with Gasteiger partial charge in [0.1, 0.15) is 0 Å². The third-order valence-corrected chi connectivity index (χ3v) is 2.32. The molecule has 0 aliphatic heterocycles. The number of ether oxygens (including phenoxy) is 1. The SMILES string of the molecule is CC.CNC.CNC(=O)N(C)CC(F)F.COCCN(C=O)C(C)C. The number of nitrogens with one attached hydrogen (secondary N) is 2. The van der Waals surface area contributed by atoms with Crippen molar-refractivity contribution in [1.29, 1.82) is 0 Å². The van der Waals surface area contributed by atoms with Crippen LogP contribution in [-0.4, -0.2) is 89.7 Å². The first-order valence-electron chi connectivity index (χ1n) is 8.21. The minimum absolute atomic E-state index is 0.271. The zero-order valence-corrected chi connectivity index (χ0v) is 17.2. The molecule has 0 saturated carbocycles. The zero-order chi connectivity index (χ0) is 20.8. The average Bonchev–Trinajstić information content (AvgIpc) is 2.57. The van der Waals surface area contributed by atoms with Crippen LogP contribution in [0.1, 0.15) is 27.7 Å². The second kappa shape index (κ2) is 24.8. The number of rotatable bonds is 7. The maximum absolute atomic E-state index is 11.6. The van der Waals surface area contributed by atoms with Crippen molar-refractivity contribution in [3.63, 3.8) is 0 Å². The number of halogens is 2. The van der Waals surface area contributed by atoms with Gasteiger partial charge < -0.3 is 25.2 Å². The number of nitrogens with zero attached hydrogens (tertiary/aromatic N) is 2. The van der Waals surface area contributed by atoms with E-state index in [-0.39, 0.29) is 6.04 Å². The molecule has 0 aromatic heterocycles. The topological polar surface area (TPSA) is 73.9 Å². The number of amides is 3. The highest BCUT2D eigenvalue weighted by atomic mass is 19.3. The first-order valence-corrected chi connectivity index (χ1v) is 8.21. The molecule has 0 aliphatic carbocycles. The highest BCUT2D eigenvalue weighted by Gasteiger charge is 2.11. The van der Waals surface area contributed by atoms with Crippen LogP contribution >= 0.6 is 0 Å². The summed E-state index contributed by atoms with van der Waals surface area (Å²) in [5.74, 6) is 0. The average molecular weight is 373 g/mol. The van der Waals surface area contributed by atoms with E-state index in [1.165, 1.54) is 14.1 Å². The van der Waals surface area contributed by atoms with Crippen molar-refractivity contribution in [1.82, 2.24) is 20.4 Å². The van der Waals surface area contributed by atoms with Crippen molar-refractivity contribution in [2.45, 2.75) is 40.2 Å². The number of carbonyl (C=O) groups excluding carboxylic acids is 2. The Hall–Kier alpha value is -1.48. The molecule has 0 rings (SSSR count). The van der Waals surface area contributed by atoms with Crippen LogP contribution in [0.3, 0.4) is 0 Å². The first kappa shape index (κ1) is 31.3. The molecule has 2 N–H and O–H groups in total. The molecule has 0 heterocycles. The fraction of sp³-hybridized carbons (Fsp3) is 0.875. The molecule has 0 spiro atoms. The Morgan fingerprint density at radius 1 is 1.20 bits per heavy atom. The molecular weight excluding hydrogens is 334 g/mol. The Morgan fingerprint density at radius 3 is 1.88 bits per heavy atom. The van der Waals surface area contributed by atoms with Gasteiger partial charge in [-0.05, 0) is 27.9 Å². The minimum atomic E-state index is -2.47. The Kier molecular flexibility index (Phi) is 31.0. The minimum Gasteiger partial charge on any atom is -0.383 e. The summed E-state index contributed by atoms with van der Waals surface area (Å²) in [5, 5.41) is 4.97. The molecule has 25 heavy (non-hydrogen) atoms. The van der Waals surface area contributed by atoms with Crippen molar-refractivity contribution >= 4 is 12.4 Å². The second-order valence-corrected chi connectivity index (χ2v) is 4.76. The molecule has 0 atom stereocenters. The number of hydrogen-bond acceptors (Lipinski definition) is 4. The molecule has 0 unspecified atom stereocenters. The smallest absolute Gasteiger partial charge is 0.317 e. The molecule has 154 valence electrons. The predicted octanol–water partition coefficient (Wildman–Crippen LogP) is 1.88. The maximum Gasteiger partial charge on any atom is 0.317 e. The molecule has 0 aliphatic rings. The standard InChI is InChI=1S/C7H15NO2.C5H10F2N2O.C2H7N.C2H6/c1-7(2)8(6-9)4-5-10-3;1-8-5(10)9(2)3-4(6)7;1-3-2;1-2/h6-7H,4-5H2,1-3H3;4H,3H2,1-2H3,(H,8,10);3H,1-2H3;1-2H3. The van der Waals surface area contributed by atoms with Gasteiger partial charge in [-0.2, -0.15) is 0 Å². The molecule has 0 aromatic rings. The van der Waals surface area contributed by atoms with Gasteiger partial charge in [0.2, 0.25) is 6.41 Å². The van der Waals surface area contributed by atoms with Gasteiger partial charge in [0, 0.05) is 33.8 Å². The highest BCUT2D eigenvalue weighted by Crippen LogP contribution is 1.94. The molecule has 0 aromatic carbocycles.